The molecule has 2 unspecified atom stereocenters. The highest BCUT2D eigenvalue weighted by molar-refractivity contribution is 5.76. The number of aliphatic hydroxyl groups is 1. The summed E-state index contributed by atoms with van der Waals surface area (Å²) in [5, 5.41) is 13.2. The first kappa shape index (κ1) is 19.4. The van der Waals surface area contributed by atoms with Crippen molar-refractivity contribution in [2.45, 2.75) is 38.0 Å². The summed E-state index contributed by atoms with van der Waals surface area (Å²) in [5.41, 5.74) is 1.38. The summed E-state index contributed by atoms with van der Waals surface area (Å²) in [6.07, 6.45) is 3.77. The van der Waals surface area contributed by atoms with Gasteiger partial charge in [0.05, 0.1) is 12.1 Å². The number of rotatable bonds is 6. The quantitative estimate of drug-likeness (QED) is 0.811. The Morgan fingerprint density at radius 3 is 2.89 bits per heavy atom. The lowest BCUT2D eigenvalue weighted by molar-refractivity contribution is -0.123. The first-order valence-electron chi connectivity index (χ1n) is 9.04. The Hall–Kier alpha value is -2.38. The van der Waals surface area contributed by atoms with Gasteiger partial charge in [0.2, 0.25) is 5.91 Å². The van der Waals surface area contributed by atoms with Gasteiger partial charge in [-0.2, -0.15) is 0 Å². The van der Waals surface area contributed by atoms with Crippen LogP contribution < -0.4 is 5.32 Å². The molecule has 1 amide bonds. The molecule has 3 rings (SSSR count). The number of likely N-dealkylation sites (tertiary alicyclic amines) is 1. The van der Waals surface area contributed by atoms with Gasteiger partial charge in [0.1, 0.15) is 11.6 Å². The molecule has 144 valence electrons. The lowest BCUT2D eigenvalue weighted by atomic mass is 10.0. The monoisotopic (exact) mass is 375 g/mol. The molecular formula is C20H23F2N3O2. The topological polar surface area (TPSA) is 65.5 Å². The van der Waals surface area contributed by atoms with Crippen molar-refractivity contribution in [2.75, 3.05) is 13.1 Å². The minimum atomic E-state index is -0.665. The number of aromatic nitrogens is 1. The molecule has 0 saturated carbocycles. The summed E-state index contributed by atoms with van der Waals surface area (Å²) in [5.74, 6) is -1.53. The lowest BCUT2D eigenvalue weighted by Gasteiger charge is -2.36. The van der Waals surface area contributed by atoms with Crippen LogP contribution in [0.2, 0.25) is 0 Å². The third-order valence-corrected chi connectivity index (χ3v) is 4.78. The van der Waals surface area contributed by atoms with Gasteiger partial charge in [-0.05, 0) is 36.1 Å². The first-order chi connectivity index (χ1) is 13.0. The molecule has 2 N–H and O–H groups in total. The fourth-order valence-corrected chi connectivity index (χ4v) is 3.31. The molecule has 1 aromatic carbocycles. The van der Waals surface area contributed by atoms with Crippen LogP contribution in [0, 0.1) is 11.6 Å². The molecular weight excluding hydrogens is 352 g/mol. The van der Waals surface area contributed by atoms with Crippen LogP contribution >= 0.6 is 0 Å². The molecule has 0 radical (unpaired) electrons. The third-order valence-electron chi connectivity index (χ3n) is 4.78. The Labute approximate surface area is 157 Å². The second kappa shape index (κ2) is 9.01. The predicted molar refractivity (Wildman–Crippen MR) is 96.7 cm³/mol. The van der Waals surface area contributed by atoms with Gasteiger partial charge in [0.25, 0.3) is 0 Å². The van der Waals surface area contributed by atoms with Gasteiger partial charge >= 0.3 is 0 Å². The smallest absolute Gasteiger partial charge is 0.220 e. The summed E-state index contributed by atoms with van der Waals surface area (Å²) in [6.45, 7) is 1.92. The molecule has 1 aliphatic heterocycles. The van der Waals surface area contributed by atoms with Gasteiger partial charge in [-0.25, -0.2) is 8.78 Å². The average molecular weight is 375 g/mol. The number of halogens is 2. The molecule has 5 nitrogen and oxygen atoms in total. The Bertz CT molecular complexity index is 773. The molecule has 7 heteroatoms. The summed E-state index contributed by atoms with van der Waals surface area (Å²) in [7, 11) is 0. The van der Waals surface area contributed by atoms with E-state index >= 15 is 0 Å². The zero-order valence-electron chi connectivity index (χ0n) is 14.9. The van der Waals surface area contributed by atoms with Crippen molar-refractivity contribution >= 4 is 5.91 Å². The maximum Gasteiger partial charge on any atom is 0.220 e. The number of hydrogen-bond acceptors (Lipinski definition) is 4. The fourth-order valence-electron chi connectivity index (χ4n) is 3.31. The van der Waals surface area contributed by atoms with E-state index in [0.29, 0.717) is 25.1 Å². The standard InChI is InChI=1S/C20H23F2N3O2/c21-16-5-3-15(17(22)10-16)4-6-20(27)24-18-7-9-25(13-19(18)26)12-14-2-1-8-23-11-14/h1-3,5,8,10-11,18-19,26H,4,6-7,9,12-13H2,(H,24,27). The fraction of sp³-hybridized carbons (Fsp3) is 0.400. The molecule has 1 aliphatic rings. The van der Waals surface area contributed by atoms with Crippen LogP contribution in [0.5, 0.6) is 0 Å². The maximum absolute atomic E-state index is 13.6. The van der Waals surface area contributed by atoms with Crippen LogP contribution in [-0.2, 0) is 17.8 Å². The van der Waals surface area contributed by atoms with Crippen molar-refractivity contribution in [1.82, 2.24) is 15.2 Å². The molecule has 2 heterocycles. The van der Waals surface area contributed by atoms with E-state index in [4.69, 9.17) is 0 Å². The maximum atomic E-state index is 13.6. The number of β-amino-alcohol motifs (C(OH)–C–C–N with tert-alkyl or cyclic N) is 1. The van der Waals surface area contributed by atoms with Gasteiger partial charge in [-0.15, -0.1) is 0 Å². The number of aryl methyl sites for hydroxylation is 1. The van der Waals surface area contributed by atoms with E-state index in [1.54, 1.807) is 12.4 Å². The molecule has 0 spiro atoms. The molecule has 1 fully saturated rings. The van der Waals surface area contributed by atoms with Crippen LogP contribution in [0.25, 0.3) is 0 Å². The number of nitrogens with zero attached hydrogens (tertiary/aromatic N) is 2. The summed E-state index contributed by atoms with van der Waals surface area (Å²) < 4.78 is 26.5. The number of benzene rings is 1. The minimum Gasteiger partial charge on any atom is -0.390 e. The van der Waals surface area contributed by atoms with Gasteiger partial charge < -0.3 is 10.4 Å². The average Bonchev–Trinajstić information content (AvgIpc) is 2.64. The van der Waals surface area contributed by atoms with Gasteiger partial charge in [0.15, 0.2) is 0 Å². The number of carbonyl (C=O) groups is 1. The number of carbonyl (C=O) groups excluding carboxylic acids is 1. The van der Waals surface area contributed by atoms with E-state index in [-0.39, 0.29) is 24.8 Å². The number of aliphatic hydroxyl groups excluding tert-OH is 1. The summed E-state index contributed by atoms with van der Waals surface area (Å²) in [4.78, 5) is 18.3. The van der Waals surface area contributed by atoms with Gasteiger partial charge in [-0.1, -0.05) is 12.1 Å². The highest BCUT2D eigenvalue weighted by Crippen LogP contribution is 2.15. The van der Waals surface area contributed by atoms with Crippen molar-refractivity contribution in [3.8, 4) is 0 Å². The van der Waals surface area contributed by atoms with E-state index in [2.05, 4.69) is 15.2 Å². The van der Waals surface area contributed by atoms with Crippen molar-refractivity contribution in [3.05, 3.63) is 65.5 Å². The molecule has 2 atom stereocenters. The largest absolute Gasteiger partial charge is 0.390 e. The van der Waals surface area contributed by atoms with E-state index in [9.17, 15) is 18.7 Å². The third kappa shape index (κ3) is 5.55. The van der Waals surface area contributed by atoms with Gasteiger partial charge in [-0.3, -0.25) is 14.7 Å². The van der Waals surface area contributed by atoms with Crippen molar-refractivity contribution < 1.29 is 18.7 Å². The van der Waals surface area contributed by atoms with E-state index in [1.807, 2.05) is 12.1 Å². The van der Waals surface area contributed by atoms with Crippen LogP contribution in [0.1, 0.15) is 24.0 Å². The van der Waals surface area contributed by atoms with Crippen molar-refractivity contribution in [1.29, 1.82) is 0 Å². The predicted octanol–water partition coefficient (Wildman–Crippen LogP) is 2.04. The zero-order chi connectivity index (χ0) is 19.2. The van der Waals surface area contributed by atoms with Crippen LogP contribution in [0.4, 0.5) is 8.78 Å². The number of piperidine rings is 1. The van der Waals surface area contributed by atoms with Crippen LogP contribution in [-0.4, -0.2) is 46.1 Å². The zero-order valence-corrected chi connectivity index (χ0v) is 14.9. The number of pyridine rings is 1. The second-order valence-corrected chi connectivity index (χ2v) is 6.86. The number of amides is 1. The van der Waals surface area contributed by atoms with Crippen LogP contribution in [0.3, 0.4) is 0 Å². The Kier molecular flexibility index (Phi) is 6.47. The minimum absolute atomic E-state index is 0.0885. The molecule has 27 heavy (non-hydrogen) atoms. The molecule has 0 bridgehead atoms. The molecule has 1 saturated heterocycles. The molecule has 0 aliphatic carbocycles. The molecule has 1 aromatic heterocycles. The van der Waals surface area contributed by atoms with Crippen molar-refractivity contribution in [2.24, 2.45) is 0 Å². The van der Waals surface area contributed by atoms with Crippen LogP contribution in [0.15, 0.2) is 42.7 Å². The van der Waals surface area contributed by atoms with E-state index in [0.717, 1.165) is 18.2 Å². The lowest BCUT2D eigenvalue weighted by Crippen LogP contribution is -2.53. The summed E-state index contributed by atoms with van der Waals surface area (Å²) >= 11 is 0. The van der Waals surface area contributed by atoms with E-state index < -0.39 is 17.7 Å². The van der Waals surface area contributed by atoms with Gasteiger partial charge in [0, 0.05) is 44.5 Å². The highest BCUT2D eigenvalue weighted by Gasteiger charge is 2.28. The summed E-state index contributed by atoms with van der Waals surface area (Å²) in [6, 6.07) is 6.89. The molecule has 2 aromatic rings. The first-order valence-corrected chi connectivity index (χ1v) is 9.04. The second-order valence-electron chi connectivity index (χ2n) is 6.86. The van der Waals surface area contributed by atoms with E-state index in [1.165, 1.54) is 12.1 Å². The Morgan fingerprint density at radius 1 is 1.33 bits per heavy atom. The Morgan fingerprint density at radius 2 is 2.19 bits per heavy atom. The SMILES string of the molecule is O=C(CCc1ccc(F)cc1F)NC1CCN(Cc2cccnc2)CC1O. The Balaban J connectivity index is 1.45. The number of nitrogens with one attached hydrogen (secondary N) is 1. The highest BCUT2D eigenvalue weighted by atomic mass is 19.1. The normalized spacial score (nSPS) is 20.4. The van der Waals surface area contributed by atoms with Crippen molar-refractivity contribution in [3.63, 3.8) is 0 Å². The number of hydrogen-bond donors (Lipinski definition) is 2.